The van der Waals surface area contributed by atoms with Gasteiger partial charge in [-0.15, -0.1) is 0 Å². The molecule has 1 aromatic carbocycles. The van der Waals surface area contributed by atoms with Crippen LogP contribution in [0.3, 0.4) is 0 Å². The smallest absolute Gasteiger partial charge is 0.410 e. The second-order valence-electron chi connectivity index (χ2n) is 7.12. The number of hydrogen-bond acceptors (Lipinski definition) is 4. The van der Waals surface area contributed by atoms with E-state index < -0.39 is 18.2 Å². The summed E-state index contributed by atoms with van der Waals surface area (Å²) < 4.78 is 5.35. The third kappa shape index (κ3) is 5.98. The lowest BCUT2D eigenvalue weighted by Gasteiger charge is -2.26. The van der Waals surface area contributed by atoms with Gasteiger partial charge in [-0.2, -0.15) is 0 Å². The van der Waals surface area contributed by atoms with E-state index in [2.05, 4.69) is 17.7 Å². The summed E-state index contributed by atoms with van der Waals surface area (Å²) >= 11 is 0. The quantitative estimate of drug-likeness (QED) is 0.766. The molecule has 0 spiro atoms. The highest BCUT2D eigenvalue weighted by Crippen LogP contribution is 2.20. The molecule has 2 N–H and O–H groups in total. The summed E-state index contributed by atoms with van der Waals surface area (Å²) in [5.41, 5.74) is 0.884. The van der Waals surface area contributed by atoms with Crippen LogP contribution >= 0.6 is 0 Å². The maximum Gasteiger partial charge on any atom is 0.410 e. The largest absolute Gasteiger partial charge is 0.445 e. The molecule has 1 radical (unpaired) electrons. The minimum absolute atomic E-state index is 0.157. The van der Waals surface area contributed by atoms with Crippen molar-refractivity contribution in [2.24, 2.45) is 5.92 Å². The van der Waals surface area contributed by atoms with E-state index in [9.17, 15) is 14.4 Å². The van der Waals surface area contributed by atoms with Gasteiger partial charge in [0.25, 0.3) is 0 Å². The molecule has 0 aromatic heterocycles. The fourth-order valence-corrected chi connectivity index (χ4v) is 3.15. The Hall–Kier alpha value is -2.57. The number of likely N-dealkylation sites (tertiary alicyclic amines) is 1. The van der Waals surface area contributed by atoms with Crippen LogP contribution in [0, 0.1) is 13.0 Å². The number of ether oxygens (including phenoxy) is 1. The third-order valence-electron chi connectivity index (χ3n) is 4.51. The molecule has 1 aromatic rings. The first-order valence-electron chi connectivity index (χ1n) is 9.27. The normalized spacial score (nSPS) is 17.5. The predicted octanol–water partition coefficient (Wildman–Crippen LogP) is 2.23. The molecule has 147 valence electrons. The molecule has 7 nitrogen and oxygen atoms in total. The summed E-state index contributed by atoms with van der Waals surface area (Å²) in [6.45, 7) is 4.56. The van der Waals surface area contributed by atoms with E-state index in [4.69, 9.17) is 4.74 Å². The first-order chi connectivity index (χ1) is 12.9. The van der Waals surface area contributed by atoms with Crippen molar-refractivity contribution >= 4 is 17.9 Å². The van der Waals surface area contributed by atoms with Crippen molar-refractivity contribution in [2.75, 3.05) is 6.54 Å². The molecule has 27 heavy (non-hydrogen) atoms. The maximum atomic E-state index is 12.7. The molecule has 0 saturated carbocycles. The Balaban J connectivity index is 1.95. The first-order valence-corrected chi connectivity index (χ1v) is 9.27. The molecule has 2 atom stereocenters. The summed E-state index contributed by atoms with van der Waals surface area (Å²) in [5, 5.41) is 5.09. The maximum absolute atomic E-state index is 12.7. The van der Waals surface area contributed by atoms with Crippen molar-refractivity contribution in [3.05, 3.63) is 42.9 Å². The van der Waals surface area contributed by atoms with Gasteiger partial charge in [-0.1, -0.05) is 44.2 Å². The van der Waals surface area contributed by atoms with E-state index >= 15 is 0 Å². The van der Waals surface area contributed by atoms with E-state index in [0.29, 0.717) is 19.4 Å². The summed E-state index contributed by atoms with van der Waals surface area (Å²) in [7, 11) is 3.38. The highest BCUT2D eigenvalue weighted by Gasteiger charge is 2.36. The highest BCUT2D eigenvalue weighted by molar-refractivity contribution is 5.91. The summed E-state index contributed by atoms with van der Waals surface area (Å²) in [6.07, 6.45) is 1.25. The monoisotopic (exact) mass is 374 g/mol. The highest BCUT2D eigenvalue weighted by atomic mass is 16.6. The standard InChI is InChI=1S/C20H28N3O4/c1-14(2)12-16(18(24)21-3)22-19(25)17-10-7-11-23(17)20(26)27-13-15-8-5-4-6-9-15/h4-6,8-9,14,16-17H,3,7,10-13H2,1-2H3,(H,21,24)(H,22,25)/t16-,17-/m0/s1. The van der Waals surface area contributed by atoms with Crippen molar-refractivity contribution in [1.82, 2.24) is 15.5 Å². The molecule has 1 fully saturated rings. The van der Waals surface area contributed by atoms with E-state index in [1.54, 1.807) is 0 Å². The van der Waals surface area contributed by atoms with Crippen LogP contribution in [-0.2, 0) is 20.9 Å². The average molecular weight is 374 g/mol. The summed E-state index contributed by atoms with van der Waals surface area (Å²) in [5.74, 6) is -0.449. The number of hydrogen-bond donors (Lipinski definition) is 2. The number of nitrogens with one attached hydrogen (secondary N) is 2. The molecule has 1 aliphatic rings. The lowest BCUT2D eigenvalue weighted by atomic mass is 10.0. The first kappa shape index (κ1) is 20.7. The van der Waals surface area contributed by atoms with Crippen LogP contribution in [0.15, 0.2) is 30.3 Å². The number of carbonyl (C=O) groups excluding carboxylic acids is 3. The molecule has 0 bridgehead atoms. The molecule has 1 saturated heterocycles. The summed E-state index contributed by atoms with van der Waals surface area (Å²) in [6, 6.07) is 8.08. The Bertz CT molecular complexity index is 648. The van der Waals surface area contributed by atoms with Gasteiger partial charge >= 0.3 is 6.09 Å². The number of amides is 3. The minimum atomic E-state index is -0.669. The number of rotatable bonds is 7. The van der Waals surface area contributed by atoms with Crippen LogP contribution in [0.5, 0.6) is 0 Å². The lowest BCUT2D eigenvalue weighted by molar-refractivity contribution is -0.131. The molecular formula is C20H28N3O4. The molecule has 1 heterocycles. The van der Waals surface area contributed by atoms with E-state index in [-0.39, 0.29) is 24.3 Å². The average Bonchev–Trinajstić information content (AvgIpc) is 3.15. The van der Waals surface area contributed by atoms with Crippen molar-refractivity contribution in [3.8, 4) is 0 Å². The van der Waals surface area contributed by atoms with Gasteiger partial charge in [0.2, 0.25) is 11.8 Å². The lowest BCUT2D eigenvalue weighted by Crippen LogP contribution is -2.52. The van der Waals surface area contributed by atoms with Crippen molar-refractivity contribution in [3.63, 3.8) is 0 Å². The van der Waals surface area contributed by atoms with Gasteiger partial charge in [0.15, 0.2) is 0 Å². The van der Waals surface area contributed by atoms with Crippen LogP contribution in [0.25, 0.3) is 0 Å². The zero-order valence-corrected chi connectivity index (χ0v) is 15.9. The molecule has 2 rings (SSSR count). The van der Waals surface area contributed by atoms with E-state index in [1.807, 2.05) is 44.2 Å². The number of benzene rings is 1. The molecule has 0 aliphatic carbocycles. The molecule has 7 heteroatoms. The molecular weight excluding hydrogens is 346 g/mol. The fourth-order valence-electron chi connectivity index (χ4n) is 3.15. The molecule has 1 aliphatic heterocycles. The van der Waals surface area contributed by atoms with Crippen LogP contribution in [0.4, 0.5) is 4.79 Å². The van der Waals surface area contributed by atoms with Crippen molar-refractivity contribution < 1.29 is 19.1 Å². The van der Waals surface area contributed by atoms with Gasteiger partial charge in [-0.05, 0) is 30.7 Å². The fraction of sp³-hybridized carbons (Fsp3) is 0.500. The minimum Gasteiger partial charge on any atom is -0.445 e. The van der Waals surface area contributed by atoms with E-state index in [0.717, 1.165) is 12.0 Å². The van der Waals surface area contributed by atoms with Crippen LogP contribution in [0.1, 0.15) is 38.7 Å². The Labute approximate surface area is 160 Å². The van der Waals surface area contributed by atoms with Gasteiger partial charge in [-0.25, -0.2) is 4.79 Å². The van der Waals surface area contributed by atoms with Crippen molar-refractivity contribution in [1.29, 1.82) is 0 Å². The Morgan fingerprint density at radius 2 is 1.96 bits per heavy atom. The van der Waals surface area contributed by atoms with Gasteiger partial charge in [0, 0.05) is 13.6 Å². The van der Waals surface area contributed by atoms with Gasteiger partial charge in [0.1, 0.15) is 18.7 Å². The Morgan fingerprint density at radius 1 is 1.26 bits per heavy atom. The predicted molar refractivity (Wildman–Crippen MR) is 101 cm³/mol. The summed E-state index contributed by atoms with van der Waals surface area (Å²) in [4.78, 5) is 38.5. The second-order valence-corrected chi connectivity index (χ2v) is 7.12. The molecule has 0 unspecified atom stereocenters. The zero-order valence-electron chi connectivity index (χ0n) is 15.9. The molecule has 3 amide bonds. The van der Waals surface area contributed by atoms with Crippen LogP contribution in [-0.4, -0.2) is 41.4 Å². The van der Waals surface area contributed by atoms with Gasteiger partial charge in [-0.3, -0.25) is 14.5 Å². The van der Waals surface area contributed by atoms with Gasteiger partial charge in [0.05, 0.1) is 0 Å². The third-order valence-corrected chi connectivity index (χ3v) is 4.51. The zero-order chi connectivity index (χ0) is 19.8. The SMILES string of the molecule is [CH2]NC(=O)[C@H](CC(C)C)NC(=O)[C@@H]1CCCN1C(=O)OCc1ccccc1. The second kappa shape index (κ2) is 9.94. The van der Waals surface area contributed by atoms with Crippen LogP contribution in [0.2, 0.25) is 0 Å². The number of carbonyl (C=O) groups is 3. The van der Waals surface area contributed by atoms with Crippen LogP contribution < -0.4 is 10.6 Å². The van der Waals surface area contributed by atoms with E-state index in [1.165, 1.54) is 4.90 Å². The topological polar surface area (TPSA) is 87.7 Å². The number of nitrogens with zero attached hydrogens (tertiary/aromatic N) is 1. The van der Waals surface area contributed by atoms with Crippen molar-refractivity contribution in [2.45, 2.75) is 51.8 Å². The Morgan fingerprint density at radius 3 is 2.59 bits per heavy atom. The van der Waals surface area contributed by atoms with Gasteiger partial charge < -0.3 is 15.4 Å². The Kier molecular flexibility index (Phi) is 7.64.